The number of para-hydroxylation sites is 1. The molecule has 2 aromatic rings. The first-order valence-electron chi connectivity index (χ1n) is 12.1. The van der Waals surface area contributed by atoms with Crippen LogP contribution in [-0.4, -0.2) is 36.4 Å². The Hall–Kier alpha value is -2.82. The van der Waals surface area contributed by atoms with Gasteiger partial charge < -0.3 is 15.0 Å². The number of carbonyl (C=O) groups excluding carboxylic acids is 2. The molecule has 0 bridgehead atoms. The van der Waals surface area contributed by atoms with E-state index in [1.165, 1.54) is 5.56 Å². The topological polar surface area (TPSA) is 58.6 Å². The number of carbonyl (C=O) groups is 2. The molecule has 2 aromatic carbocycles. The molecule has 0 aliphatic carbocycles. The molecule has 1 aliphatic heterocycles. The van der Waals surface area contributed by atoms with Crippen LogP contribution in [-0.2, 0) is 4.79 Å². The van der Waals surface area contributed by atoms with E-state index in [9.17, 15) is 9.59 Å². The minimum Gasteiger partial charge on any atom is -0.493 e. The van der Waals surface area contributed by atoms with Gasteiger partial charge >= 0.3 is 0 Å². The maximum absolute atomic E-state index is 13.1. The Morgan fingerprint density at radius 3 is 2.52 bits per heavy atom. The zero-order chi connectivity index (χ0) is 24.0. The van der Waals surface area contributed by atoms with Gasteiger partial charge in [-0.2, -0.15) is 0 Å². The summed E-state index contributed by atoms with van der Waals surface area (Å²) in [4.78, 5) is 28.1. The van der Waals surface area contributed by atoms with E-state index < -0.39 is 5.41 Å². The van der Waals surface area contributed by atoms with Crippen LogP contribution in [0.1, 0.15) is 67.9 Å². The lowest BCUT2D eigenvalue weighted by Crippen LogP contribution is -2.38. The van der Waals surface area contributed by atoms with Crippen molar-refractivity contribution >= 4 is 17.5 Å². The molecule has 1 fully saturated rings. The highest BCUT2D eigenvalue weighted by Crippen LogP contribution is 2.28. The molecule has 0 aromatic heterocycles. The minimum atomic E-state index is -0.582. The van der Waals surface area contributed by atoms with Gasteiger partial charge in [-0.05, 0) is 74.8 Å². The molecule has 2 amide bonds. The van der Waals surface area contributed by atoms with Gasteiger partial charge in [0.1, 0.15) is 5.75 Å². The summed E-state index contributed by atoms with van der Waals surface area (Å²) in [6.07, 6.45) is 3.50. The first-order chi connectivity index (χ1) is 15.7. The third-order valence-corrected chi connectivity index (χ3v) is 6.64. The van der Waals surface area contributed by atoms with Crippen LogP contribution < -0.4 is 10.1 Å². The first kappa shape index (κ1) is 24.8. The van der Waals surface area contributed by atoms with Crippen molar-refractivity contribution in [2.75, 3.05) is 25.0 Å². The van der Waals surface area contributed by atoms with E-state index in [4.69, 9.17) is 4.74 Å². The molecule has 33 heavy (non-hydrogen) atoms. The van der Waals surface area contributed by atoms with E-state index in [0.717, 1.165) is 43.7 Å². The lowest BCUT2D eigenvalue weighted by atomic mass is 9.86. The van der Waals surface area contributed by atoms with Crippen molar-refractivity contribution in [2.45, 2.75) is 60.3 Å². The number of aryl methyl sites for hydroxylation is 2. The van der Waals surface area contributed by atoms with Crippen LogP contribution in [0.3, 0.4) is 0 Å². The van der Waals surface area contributed by atoms with E-state index >= 15 is 0 Å². The average molecular weight is 451 g/mol. The first-order valence-corrected chi connectivity index (χ1v) is 12.1. The van der Waals surface area contributed by atoms with E-state index in [-0.39, 0.29) is 11.8 Å². The Kier molecular flexibility index (Phi) is 8.17. The summed E-state index contributed by atoms with van der Waals surface area (Å²) in [6, 6.07) is 13.5. The predicted molar refractivity (Wildman–Crippen MR) is 134 cm³/mol. The van der Waals surface area contributed by atoms with Crippen molar-refractivity contribution in [1.82, 2.24) is 4.90 Å². The number of benzene rings is 2. The van der Waals surface area contributed by atoms with Crippen LogP contribution in [0.15, 0.2) is 42.5 Å². The van der Waals surface area contributed by atoms with Gasteiger partial charge in [0.2, 0.25) is 5.91 Å². The molecule has 5 nitrogen and oxygen atoms in total. The number of amides is 2. The molecule has 5 heteroatoms. The van der Waals surface area contributed by atoms with E-state index in [0.29, 0.717) is 30.2 Å². The second-order valence-corrected chi connectivity index (χ2v) is 10.1. The second kappa shape index (κ2) is 10.9. The fraction of sp³-hybridized carbons (Fsp3) is 0.500. The summed E-state index contributed by atoms with van der Waals surface area (Å²) in [5.41, 5.74) is 2.85. The third kappa shape index (κ3) is 6.59. The Balaban J connectivity index is 1.57. The number of hydrogen-bond donors (Lipinski definition) is 1. The number of rotatable bonds is 8. The largest absolute Gasteiger partial charge is 0.493 e. The van der Waals surface area contributed by atoms with Crippen LogP contribution in [0.2, 0.25) is 0 Å². The number of ether oxygens (including phenoxy) is 1. The lowest BCUT2D eigenvalue weighted by molar-refractivity contribution is -0.124. The smallest absolute Gasteiger partial charge is 0.255 e. The van der Waals surface area contributed by atoms with Gasteiger partial charge in [-0.15, -0.1) is 0 Å². The molecule has 0 saturated carbocycles. The van der Waals surface area contributed by atoms with Gasteiger partial charge in [0.15, 0.2) is 0 Å². The van der Waals surface area contributed by atoms with Gasteiger partial charge in [0.25, 0.3) is 5.91 Å². The van der Waals surface area contributed by atoms with Gasteiger partial charge in [-0.25, -0.2) is 0 Å². The summed E-state index contributed by atoms with van der Waals surface area (Å²) in [6.45, 7) is 12.3. The van der Waals surface area contributed by atoms with Crippen LogP contribution >= 0.6 is 0 Å². The van der Waals surface area contributed by atoms with Gasteiger partial charge in [-0.3, -0.25) is 9.59 Å². The number of likely N-dealkylation sites (tertiary alicyclic amines) is 1. The van der Waals surface area contributed by atoms with Gasteiger partial charge in [0, 0.05) is 18.5 Å². The summed E-state index contributed by atoms with van der Waals surface area (Å²) >= 11 is 0. The third-order valence-electron chi connectivity index (χ3n) is 6.64. The Bertz CT molecular complexity index is 975. The van der Waals surface area contributed by atoms with Crippen LogP contribution in [0.25, 0.3) is 0 Å². The normalized spacial score (nSPS) is 14.8. The van der Waals surface area contributed by atoms with Crippen molar-refractivity contribution in [1.29, 1.82) is 0 Å². The molecule has 1 N–H and O–H groups in total. The molecule has 0 spiro atoms. The summed E-state index contributed by atoms with van der Waals surface area (Å²) in [7, 11) is 0. The molecular formula is C28H38N2O3. The monoisotopic (exact) mass is 450 g/mol. The zero-order valence-corrected chi connectivity index (χ0v) is 20.7. The van der Waals surface area contributed by atoms with E-state index in [1.54, 1.807) is 6.07 Å². The Labute approximate surface area is 198 Å². The fourth-order valence-electron chi connectivity index (χ4n) is 4.12. The standard InChI is InChI=1S/C28H38N2O3/c1-20-13-16-30(17-14-20)26(31)23-9-6-7-10-24(23)29-27(32)28(4,5)15-8-18-33-25-19-21(2)11-12-22(25)3/h6-7,9-12,19-20H,8,13-18H2,1-5H3,(H,29,32). The van der Waals surface area contributed by atoms with Crippen molar-refractivity contribution < 1.29 is 14.3 Å². The minimum absolute atomic E-state index is 0.00229. The number of piperidine rings is 1. The van der Waals surface area contributed by atoms with Crippen molar-refractivity contribution in [3.8, 4) is 5.75 Å². The van der Waals surface area contributed by atoms with Crippen molar-refractivity contribution in [3.63, 3.8) is 0 Å². The highest BCUT2D eigenvalue weighted by atomic mass is 16.5. The fourth-order valence-corrected chi connectivity index (χ4v) is 4.12. The highest BCUT2D eigenvalue weighted by molar-refractivity contribution is 6.04. The number of nitrogens with one attached hydrogen (secondary N) is 1. The Morgan fingerprint density at radius 2 is 1.79 bits per heavy atom. The predicted octanol–water partition coefficient (Wildman–Crippen LogP) is 6.00. The summed E-state index contributed by atoms with van der Waals surface area (Å²) < 4.78 is 5.95. The average Bonchev–Trinajstić information content (AvgIpc) is 2.79. The molecule has 1 aliphatic rings. The molecule has 3 rings (SSSR count). The summed E-state index contributed by atoms with van der Waals surface area (Å²) in [5.74, 6) is 1.47. The van der Waals surface area contributed by atoms with Crippen molar-refractivity contribution in [3.05, 3.63) is 59.2 Å². The number of anilines is 1. The van der Waals surface area contributed by atoms with Crippen LogP contribution in [0, 0.1) is 25.2 Å². The quantitative estimate of drug-likeness (QED) is 0.502. The number of nitrogens with zero attached hydrogens (tertiary/aromatic N) is 1. The van der Waals surface area contributed by atoms with Crippen LogP contribution in [0.4, 0.5) is 5.69 Å². The second-order valence-electron chi connectivity index (χ2n) is 10.1. The summed E-state index contributed by atoms with van der Waals surface area (Å²) in [5, 5.41) is 3.03. The molecule has 0 atom stereocenters. The van der Waals surface area contributed by atoms with Gasteiger partial charge in [-0.1, -0.05) is 45.0 Å². The zero-order valence-electron chi connectivity index (χ0n) is 20.7. The SMILES string of the molecule is Cc1ccc(C)c(OCCCC(C)(C)C(=O)Nc2ccccc2C(=O)N2CCC(C)CC2)c1. The molecule has 0 unspecified atom stereocenters. The Morgan fingerprint density at radius 1 is 1.09 bits per heavy atom. The van der Waals surface area contributed by atoms with Crippen LogP contribution in [0.5, 0.6) is 5.75 Å². The molecular weight excluding hydrogens is 412 g/mol. The molecule has 1 saturated heterocycles. The van der Waals surface area contributed by atoms with E-state index in [1.807, 2.05) is 56.9 Å². The van der Waals surface area contributed by atoms with E-state index in [2.05, 4.69) is 24.4 Å². The lowest BCUT2D eigenvalue weighted by Gasteiger charge is -2.31. The molecule has 1 heterocycles. The van der Waals surface area contributed by atoms with Gasteiger partial charge in [0.05, 0.1) is 17.9 Å². The number of hydrogen-bond acceptors (Lipinski definition) is 3. The maximum atomic E-state index is 13.1. The molecule has 178 valence electrons. The highest BCUT2D eigenvalue weighted by Gasteiger charge is 2.29. The molecule has 0 radical (unpaired) electrons. The maximum Gasteiger partial charge on any atom is 0.255 e. The van der Waals surface area contributed by atoms with Crippen molar-refractivity contribution in [2.24, 2.45) is 11.3 Å².